The number of nitrogens with one attached hydrogen (secondary N) is 1. The van der Waals surface area contributed by atoms with Gasteiger partial charge in [-0.2, -0.15) is 0 Å². The molecule has 2 rings (SSSR count). The largest absolute Gasteiger partial charge is 0.477 e. The van der Waals surface area contributed by atoms with E-state index in [1.807, 2.05) is 19.1 Å². The Morgan fingerprint density at radius 3 is 2.67 bits per heavy atom. The molecule has 0 bridgehead atoms. The van der Waals surface area contributed by atoms with Crippen molar-refractivity contribution in [1.29, 1.82) is 0 Å². The van der Waals surface area contributed by atoms with Crippen molar-refractivity contribution in [3.8, 4) is 5.88 Å². The Morgan fingerprint density at radius 2 is 2.10 bits per heavy atom. The van der Waals surface area contributed by atoms with Crippen LogP contribution in [0.1, 0.15) is 25.5 Å². The van der Waals surface area contributed by atoms with Crippen molar-refractivity contribution in [3.05, 3.63) is 23.9 Å². The van der Waals surface area contributed by atoms with Gasteiger partial charge in [0, 0.05) is 30.6 Å². The van der Waals surface area contributed by atoms with Crippen LogP contribution in [-0.2, 0) is 4.79 Å². The van der Waals surface area contributed by atoms with Crippen molar-refractivity contribution < 1.29 is 19.7 Å². The first-order chi connectivity index (χ1) is 9.90. The molecule has 0 radical (unpaired) electrons. The van der Waals surface area contributed by atoms with Gasteiger partial charge in [-0.15, -0.1) is 0 Å². The molecule has 2 unspecified atom stereocenters. The number of aryl methyl sites for hydroxylation is 1. The zero-order valence-electron chi connectivity index (χ0n) is 12.4. The summed E-state index contributed by atoms with van der Waals surface area (Å²) in [5, 5.41) is 22.4. The predicted octanol–water partition coefficient (Wildman–Crippen LogP) is 0.407. The van der Waals surface area contributed by atoms with Gasteiger partial charge < -0.3 is 20.3 Å². The zero-order chi connectivity index (χ0) is 15.5. The molecule has 1 saturated carbocycles. The van der Waals surface area contributed by atoms with Gasteiger partial charge in [0.15, 0.2) is 0 Å². The summed E-state index contributed by atoms with van der Waals surface area (Å²) in [6, 6.07) is 5.50. The summed E-state index contributed by atoms with van der Waals surface area (Å²) in [6.07, 6.45) is -0.791. The molecule has 21 heavy (non-hydrogen) atoms. The van der Waals surface area contributed by atoms with Crippen LogP contribution < -0.4 is 10.1 Å². The van der Waals surface area contributed by atoms with E-state index in [9.17, 15) is 15.0 Å². The topological polar surface area (TPSA) is 91.7 Å². The molecule has 0 aliphatic heterocycles. The number of pyridine rings is 1. The summed E-state index contributed by atoms with van der Waals surface area (Å²) in [5.41, 5.74) is 0.380. The summed E-state index contributed by atoms with van der Waals surface area (Å²) < 4.78 is 5.72. The van der Waals surface area contributed by atoms with Gasteiger partial charge in [0.2, 0.25) is 11.8 Å². The number of carbonyl (C=O) groups is 1. The smallest absolute Gasteiger partial charge is 0.216 e. The number of hydrogen-bond donors (Lipinski definition) is 3. The number of aliphatic hydroxyl groups excluding tert-OH is 2. The Bertz CT molecular complexity index is 496. The Hall–Kier alpha value is -1.66. The average Bonchev–Trinajstić information content (AvgIpc) is 2.71. The van der Waals surface area contributed by atoms with Crippen molar-refractivity contribution in [2.75, 3.05) is 13.2 Å². The van der Waals surface area contributed by atoms with E-state index in [1.54, 1.807) is 6.07 Å². The maximum absolute atomic E-state index is 11.1. The second-order valence-corrected chi connectivity index (χ2v) is 5.86. The molecule has 1 aliphatic carbocycles. The number of hydrogen-bond acceptors (Lipinski definition) is 5. The first-order valence-corrected chi connectivity index (χ1v) is 7.07. The maximum Gasteiger partial charge on any atom is 0.216 e. The van der Waals surface area contributed by atoms with Crippen molar-refractivity contribution in [1.82, 2.24) is 10.3 Å². The number of ether oxygens (including phenoxy) is 1. The standard InChI is InChI=1S/C15H22N2O4/c1-10-4-3-5-14(17-10)21-9-15(8-16-11(2)18)6-12(19)13(20)7-15/h3-5,12-13,19-20H,6-9H2,1-2H3,(H,16,18). The molecule has 1 aromatic heterocycles. The van der Waals surface area contributed by atoms with E-state index in [1.165, 1.54) is 6.92 Å². The maximum atomic E-state index is 11.1. The summed E-state index contributed by atoms with van der Waals surface area (Å²) in [6.45, 7) is 3.97. The summed E-state index contributed by atoms with van der Waals surface area (Å²) >= 11 is 0. The van der Waals surface area contributed by atoms with Crippen LogP contribution in [0.5, 0.6) is 5.88 Å². The van der Waals surface area contributed by atoms with E-state index < -0.39 is 17.6 Å². The highest BCUT2D eigenvalue weighted by Crippen LogP contribution is 2.38. The third-order valence-electron chi connectivity index (χ3n) is 3.83. The monoisotopic (exact) mass is 294 g/mol. The fraction of sp³-hybridized carbons (Fsp3) is 0.600. The number of aromatic nitrogens is 1. The minimum Gasteiger partial charge on any atom is -0.477 e. The number of rotatable bonds is 5. The van der Waals surface area contributed by atoms with E-state index in [0.29, 0.717) is 25.3 Å². The molecular weight excluding hydrogens is 272 g/mol. The number of aliphatic hydroxyl groups is 2. The molecule has 1 heterocycles. The molecule has 6 heteroatoms. The van der Waals surface area contributed by atoms with Crippen LogP contribution in [0.4, 0.5) is 0 Å². The Kier molecular flexibility index (Phi) is 4.80. The van der Waals surface area contributed by atoms with Crippen molar-refractivity contribution in [2.45, 2.75) is 38.9 Å². The first kappa shape index (κ1) is 15.7. The first-order valence-electron chi connectivity index (χ1n) is 7.07. The summed E-state index contributed by atoms with van der Waals surface area (Å²) in [5.74, 6) is 0.368. The summed E-state index contributed by atoms with van der Waals surface area (Å²) in [7, 11) is 0. The predicted molar refractivity (Wildman–Crippen MR) is 76.8 cm³/mol. The highest BCUT2D eigenvalue weighted by Gasteiger charge is 2.45. The van der Waals surface area contributed by atoms with Crippen LogP contribution in [0.2, 0.25) is 0 Å². The molecule has 1 amide bonds. The molecule has 3 N–H and O–H groups in total. The molecule has 0 aromatic carbocycles. The number of carbonyl (C=O) groups excluding carboxylic acids is 1. The van der Waals surface area contributed by atoms with E-state index in [2.05, 4.69) is 10.3 Å². The third-order valence-corrected chi connectivity index (χ3v) is 3.83. The molecule has 1 aliphatic rings. The minimum absolute atomic E-state index is 0.140. The Labute approximate surface area is 124 Å². The number of nitrogens with zero attached hydrogens (tertiary/aromatic N) is 1. The highest BCUT2D eigenvalue weighted by molar-refractivity contribution is 5.72. The van der Waals surface area contributed by atoms with Gasteiger partial charge in [-0.3, -0.25) is 4.79 Å². The van der Waals surface area contributed by atoms with Crippen LogP contribution in [0.15, 0.2) is 18.2 Å². The second-order valence-electron chi connectivity index (χ2n) is 5.86. The average molecular weight is 294 g/mol. The van der Waals surface area contributed by atoms with Crippen LogP contribution in [0, 0.1) is 12.3 Å². The lowest BCUT2D eigenvalue weighted by Crippen LogP contribution is -2.39. The third kappa shape index (κ3) is 4.15. The quantitative estimate of drug-likeness (QED) is 0.731. The van der Waals surface area contributed by atoms with Crippen molar-refractivity contribution >= 4 is 5.91 Å². The lowest BCUT2D eigenvalue weighted by molar-refractivity contribution is -0.119. The van der Waals surface area contributed by atoms with Crippen LogP contribution in [-0.4, -0.2) is 46.5 Å². The fourth-order valence-electron chi connectivity index (χ4n) is 2.69. The lowest BCUT2D eigenvalue weighted by atomic mass is 9.86. The van der Waals surface area contributed by atoms with E-state index in [-0.39, 0.29) is 12.5 Å². The van der Waals surface area contributed by atoms with Gasteiger partial charge in [0.25, 0.3) is 0 Å². The van der Waals surface area contributed by atoms with Gasteiger partial charge in [-0.05, 0) is 25.8 Å². The minimum atomic E-state index is -0.784. The zero-order valence-corrected chi connectivity index (χ0v) is 12.4. The molecule has 0 saturated heterocycles. The Balaban J connectivity index is 2.04. The molecule has 1 fully saturated rings. The van der Waals surface area contributed by atoms with E-state index in [0.717, 1.165) is 5.69 Å². The lowest BCUT2D eigenvalue weighted by Gasteiger charge is -2.28. The van der Waals surface area contributed by atoms with Crippen LogP contribution in [0.25, 0.3) is 0 Å². The molecule has 0 spiro atoms. The van der Waals surface area contributed by atoms with E-state index >= 15 is 0 Å². The van der Waals surface area contributed by atoms with Crippen LogP contribution >= 0.6 is 0 Å². The Morgan fingerprint density at radius 1 is 1.43 bits per heavy atom. The van der Waals surface area contributed by atoms with Gasteiger partial charge in [-0.25, -0.2) is 4.98 Å². The van der Waals surface area contributed by atoms with Gasteiger partial charge >= 0.3 is 0 Å². The SMILES string of the molecule is CC(=O)NCC1(COc2cccc(C)n2)CC(O)C(O)C1. The molecular formula is C15H22N2O4. The highest BCUT2D eigenvalue weighted by atomic mass is 16.5. The van der Waals surface area contributed by atoms with Crippen molar-refractivity contribution in [2.24, 2.45) is 5.41 Å². The van der Waals surface area contributed by atoms with Gasteiger partial charge in [-0.1, -0.05) is 6.07 Å². The van der Waals surface area contributed by atoms with E-state index in [4.69, 9.17) is 4.74 Å². The molecule has 1 aromatic rings. The molecule has 6 nitrogen and oxygen atoms in total. The second kappa shape index (κ2) is 6.41. The molecule has 2 atom stereocenters. The van der Waals surface area contributed by atoms with Gasteiger partial charge in [0.05, 0.1) is 18.8 Å². The van der Waals surface area contributed by atoms with Crippen LogP contribution in [0.3, 0.4) is 0 Å². The normalized spacial score (nSPS) is 28.4. The number of amides is 1. The van der Waals surface area contributed by atoms with Crippen molar-refractivity contribution in [3.63, 3.8) is 0 Å². The summed E-state index contributed by atoms with van der Waals surface area (Å²) in [4.78, 5) is 15.4. The van der Waals surface area contributed by atoms with Gasteiger partial charge in [0.1, 0.15) is 0 Å². The molecule has 116 valence electrons. The fourth-order valence-corrected chi connectivity index (χ4v) is 2.69.